The van der Waals surface area contributed by atoms with Gasteiger partial charge in [-0.25, -0.2) is 4.99 Å². The van der Waals surface area contributed by atoms with Crippen LogP contribution >= 0.6 is 24.0 Å². The summed E-state index contributed by atoms with van der Waals surface area (Å²) in [6.45, 7) is 19.3. The van der Waals surface area contributed by atoms with Gasteiger partial charge in [0.2, 0.25) is 5.91 Å². The summed E-state index contributed by atoms with van der Waals surface area (Å²) in [6, 6.07) is 0.323. The number of hydrogen-bond acceptors (Lipinski definition) is 3. The molecule has 0 aromatic rings. The van der Waals surface area contributed by atoms with Crippen LogP contribution in [0.15, 0.2) is 30.3 Å². The molecule has 27 heavy (non-hydrogen) atoms. The average Bonchev–Trinajstić information content (AvgIpc) is 3.14. The van der Waals surface area contributed by atoms with Gasteiger partial charge in [-0.05, 0) is 25.7 Å². The average molecular weight is 491 g/mol. The van der Waals surface area contributed by atoms with Crippen molar-refractivity contribution in [3.63, 3.8) is 0 Å². The van der Waals surface area contributed by atoms with Crippen molar-refractivity contribution in [3.05, 3.63) is 25.3 Å². The third-order valence-corrected chi connectivity index (χ3v) is 4.62. The first-order chi connectivity index (χ1) is 12.5. The van der Waals surface area contributed by atoms with Crippen LogP contribution in [0.5, 0.6) is 0 Å². The van der Waals surface area contributed by atoms with Crippen molar-refractivity contribution in [3.8, 4) is 0 Å². The van der Waals surface area contributed by atoms with E-state index in [0.29, 0.717) is 17.9 Å². The van der Waals surface area contributed by atoms with Gasteiger partial charge in [-0.2, -0.15) is 0 Å². The largest absolute Gasteiger partial charge is 0.357 e. The maximum Gasteiger partial charge on any atom is 0.244 e. The van der Waals surface area contributed by atoms with Crippen LogP contribution in [-0.4, -0.2) is 73.5 Å². The van der Waals surface area contributed by atoms with Crippen LogP contribution in [0.3, 0.4) is 0 Å². The Morgan fingerprint density at radius 3 is 2.26 bits per heavy atom. The Balaban J connectivity index is 0.00000676. The number of rotatable bonds is 11. The smallest absolute Gasteiger partial charge is 0.244 e. The Hall–Kier alpha value is -1.09. The predicted molar refractivity (Wildman–Crippen MR) is 126 cm³/mol. The molecule has 0 saturated carbocycles. The van der Waals surface area contributed by atoms with E-state index >= 15 is 0 Å². The molecule has 0 radical (unpaired) electrons. The Morgan fingerprint density at radius 1 is 1.19 bits per heavy atom. The number of carbonyl (C=O) groups excluding carboxylic acids is 1. The van der Waals surface area contributed by atoms with Gasteiger partial charge in [-0.3, -0.25) is 9.69 Å². The number of likely N-dealkylation sites (tertiary alicyclic amines) is 1. The summed E-state index contributed by atoms with van der Waals surface area (Å²) >= 11 is 0. The van der Waals surface area contributed by atoms with Crippen LogP contribution < -0.4 is 10.6 Å². The summed E-state index contributed by atoms with van der Waals surface area (Å²) < 4.78 is 0. The summed E-state index contributed by atoms with van der Waals surface area (Å²) in [5, 5.41) is 6.64. The maximum atomic E-state index is 12.2. The van der Waals surface area contributed by atoms with Gasteiger partial charge in [0.25, 0.3) is 0 Å². The molecule has 0 spiro atoms. The molecule has 1 heterocycles. The molecular weight excluding hydrogens is 453 g/mol. The third-order valence-electron chi connectivity index (χ3n) is 4.62. The van der Waals surface area contributed by atoms with Crippen LogP contribution in [0.4, 0.5) is 0 Å². The van der Waals surface area contributed by atoms with Gasteiger partial charge in [0.05, 0.1) is 0 Å². The maximum absolute atomic E-state index is 12.2. The number of guanidine groups is 1. The number of aliphatic imine (C=N–C) groups is 1. The second kappa shape index (κ2) is 14.9. The first-order valence-corrected chi connectivity index (χ1v) is 9.79. The highest BCUT2D eigenvalue weighted by atomic mass is 127. The Kier molecular flexibility index (Phi) is 14.3. The second-order valence-electron chi connectivity index (χ2n) is 7.01. The van der Waals surface area contributed by atoms with E-state index in [2.05, 4.69) is 47.5 Å². The number of nitrogens with zero attached hydrogens (tertiary/aromatic N) is 3. The molecule has 7 heteroatoms. The van der Waals surface area contributed by atoms with Gasteiger partial charge in [0.1, 0.15) is 6.54 Å². The normalized spacial score (nSPS) is 15.4. The molecule has 0 aromatic heterocycles. The van der Waals surface area contributed by atoms with Crippen LogP contribution in [0.1, 0.15) is 33.6 Å². The summed E-state index contributed by atoms with van der Waals surface area (Å²) in [5.41, 5.74) is 0. The quantitative estimate of drug-likeness (QED) is 0.202. The Labute approximate surface area is 182 Å². The van der Waals surface area contributed by atoms with Crippen molar-refractivity contribution in [2.24, 2.45) is 10.9 Å². The fourth-order valence-electron chi connectivity index (χ4n) is 3.22. The highest BCUT2D eigenvalue weighted by Crippen LogP contribution is 2.10. The molecular formula is C20H38IN5O. The second-order valence-corrected chi connectivity index (χ2v) is 7.01. The van der Waals surface area contributed by atoms with E-state index < -0.39 is 0 Å². The van der Waals surface area contributed by atoms with Gasteiger partial charge < -0.3 is 15.5 Å². The molecule has 156 valence electrons. The van der Waals surface area contributed by atoms with Crippen molar-refractivity contribution >= 4 is 35.8 Å². The number of hydrogen-bond donors (Lipinski definition) is 2. The lowest BCUT2D eigenvalue weighted by Crippen LogP contribution is -2.49. The molecule has 0 bridgehead atoms. The molecule has 0 aliphatic carbocycles. The molecule has 1 saturated heterocycles. The SMILES string of the molecule is C=CCN(CC=C)C(CNC(=NCC(=O)N1CCCC1)NCC)C(C)C.I. The summed E-state index contributed by atoms with van der Waals surface area (Å²) in [5.74, 6) is 1.28. The fraction of sp³-hybridized carbons (Fsp3) is 0.700. The van der Waals surface area contributed by atoms with Gasteiger partial charge >= 0.3 is 0 Å². The molecule has 1 aliphatic rings. The van der Waals surface area contributed by atoms with Gasteiger partial charge in [0.15, 0.2) is 5.96 Å². The Morgan fingerprint density at radius 2 is 1.78 bits per heavy atom. The lowest BCUT2D eigenvalue weighted by atomic mass is 10.0. The fourth-order valence-corrected chi connectivity index (χ4v) is 3.22. The van der Waals surface area contributed by atoms with Crippen molar-refractivity contribution in [2.75, 3.05) is 45.8 Å². The van der Waals surface area contributed by atoms with Crippen LogP contribution in [-0.2, 0) is 4.79 Å². The van der Waals surface area contributed by atoms with E-state index in [0.717, 1.165) is 52.1 Å². The van der Waals surface area contributed by atoms with Crippen molar-refractivity contribution in [1.82, 2.24) is 20.4 Å². The molecule has 1 amide bonds. The van der Waals surface area contributed by atoms with E-state index in [1.54, 1.807) is 0 Å². The van der Waals surface area contributed by atoms with E-state index in [4.69, 9.17) is 0 Å². The minimum atomic E-state index is 0. The monoisotopic (exact) mass is 491 g/mol. The number of halogens is 1. The van der Waals surface area contributed by atoms with E-state index in [1.807, 2.05) is 24.0 Å². The zero-order valence-electron chi connectivity index (χ0n) is 17.2. The molecule has 1 atom stereocenters. The van der Waals surface area contributed by atoms with Crippen LogP contribution in [0, 0.1) is 5.92 Å². The minimum Gasteiger partial charge on any atom is -0.357 e. The molecule has 1 unspecified atom stereocenters. The van der Waals surface area contributed by atoms with Crippen molar-refractivity contribution in [1.29, 1.82) is 0 Å². The number of nitrogens with one attached hydrogen (secondary N) is 2. The molecule has 1 rings (SSSR count). The molecule has 1 aliphatic heterocycles. The Bertz CT molecular complexity index is 465. The van der Waals surface area contributed by atoms with E-state index in [9.17, 15) is 4.79 Å². The zero-order valence-corrected chi connectivity index (χ0v) is 19.6. The summed E-state index contributed by atoms with van der Waals surface area (Å²) in [7, 11) is 0. The molecule has 1 fully saturated rings. The standard InChI is InChI=1S/C20H37N5O.HI/c1-6-11-24(12-7-2)18(17(4)5)15-22-20(21-8-3)23-16-19(26)25-13-9-10-14-25;/h6-7,17-18H,1-2,8-16H2,3-5H3,(H2,21,22,23);1H. The highest BCUT2D eigenvalue weighted by molar-refractivity contribution is 14.0. The summed E-state index contributed by atoms with van der Waals surface area (Å²) in [4.78, 5) is 20.9. The predicted octanol–water partition coefficient (Wildman–Crippen LogP) is 2.48. The molecule has 6 nitrogen and oxygen atoms in total. The van der Waals surface area contributed by atoms with Crippen LogP contribution in [0.25, 0.3) is 0 Å². The molecule has 0 aromatic carbocycles. The highest BCUT2D eigenvalue weighted by Gasteiger charge is 2.21. The van der Waals surface area contributed by atoms with Gasteiger partial charge in [-0.15, -0.1) is 37.1 Å². The lowest BCUT2D eigenvalue weighted by Gasteiger charge is -2.33. The minimum absolute atomic E-state index is 0. The van der Waals surface area contributed by atoms with E-state index in [1.165, 1.54) is 0 Å². The molecule has 2 N–H and O–H groups in total. The van der Waals surface area contributed by atoms with Crippen molar-refractivity contribution in [2.45, 2.75) is 39.7 Å². The summed E-state index contributed by atoms with van der Waals surface area (Å²) in [6.07, 6.45) is 6.05. The topological polar surface area (TPSA) is 60.0 Å². The number of carbonyl (C=O) groups is 1. The van der Waals surface area contributed by atoms with Crippen molar-refractivity contribution < 1.29 is 4.79 Å². The zero-order chi connectivity index (χ0) is 19.4. The first kappa shape index (κ1) is 25.9. The van der Waals surface area contributed by atoms with Crippen LogP contribution in [0.2, 0.25) is 0 Å². The third kappa shape index (κ3) is 9.60. The van der Waals surface area contributed by atoms with E-state index in [-0.39, 0.29) is 36.4 Å². The van der Waals surface area contributed by atoms with Gasteiger partial charge in [-0.1, -0.05) is 26.0 Å². The number of amides is 1. The first-order valence-electron chi connectivity index (χ1n) is 9.79. The van der Waals surface area contributed by atoms with Gasteiger partial charge in [0, 0.05) is 45.3 Å². The lowest BCUT2D eigenvalue weighted by molar-refractivity contribution is -0.128.